The van der Waals surface area contributed by atoms with Crippen LogP contribution in [0, 0.1) is 0 Å². The number of carbonyl (C=O) groups excluding carboxylic acids is 1. The van der Waals surface area contributed by atoms with E-state index in [-0.39, 0.29) is 18.4 Å². The molecule has 2 N–H and O–H groups in total. The maximum Gasteiger partial charge on any atom is 0.305 e. The van der Waals surface area contributed by atoms with Gasteiger partial charge in [0.15, 0.2) is 5.69 Å². The first-order chi connectivity index (χ1) is 10.0. The van der Waals surface area contributed by atoms with Gasteiger partial charge in [0, 0.05) is 18.5 Å². The van der Waals surface area contributed by atoms with Crippen molar-refractivity contribution in [2.75, 3.05) is 0 Å². The second-order valence-electron chi connectivity index (χ2n) is 5.05. The number of aromatic nitrogens is 2. The van der Waals surface area contributed by atoms with Crippen molar-refractivity contribution in [1.82, 2.24) is 15.1 Å². The molecule has 0 saturated heterocycles. The molecular formula is C15H19N3O3. The summed E-state index contributed by atoms with van der Waals surface area (Å²) in [6.07, 6.45) is 1.36. The maximum absolute atomic E-state index is 12.4. The summed E-state index contributed by atoms with van der Waals surface area (Å²) in [4.78, 5) is 23.2. The summed E-state index contributed by atoms with van der Waals surface area (Å²) in [7, 11) is 1.78. The Balaban J connectivity index is 2.23. The molecule has 1 heterocycles. The number of fused-ring (bicyclic) bond motifs is 1. The Morgan fingerprint density at radius 1 is 1.38 bits per heavy atom. The van der Waals surface area contributed by atoms with Gasteiger partial charge in [-0.1, -0.05) is 31.5 Å². The molecule has 1 atom stereocenters. The number of aryl methyl sites for hydroxylation is 1. The number of carbonyl (C=O) groups is 2. The van der Waals surface area contributed by atoms with Crippen LogP contribution in [0.25, 0.3) is 10.9 Å². The lowest BCUT2D eigenvalue weighted by molar-refractivity contribution is -0.137. The molecule has 0 bridgehead atoms. The van der Waals surface area contributed by atoms with E-state index in [0.29, 0.717) is 12.1 Å². The van der Waals surface area contributed by atoms with Gasteiger partial charge in [0.2, 0.25) is 0 Å². The first-order valence-electron chi connectivity index (χ1n) is 6.97. The van der Waals surface area contributed by atoms with Crippen LogP contribution in [0.4, 0.5) is 0 Å². The molecule has 21 heavy (non-hydrogen) atoms. The number of nitrogens with zero attached hydrogens (tertiary/aromatic N) is 2. The monoisotopic (exact) mass is 289 g/mol. The number of hydrogen-bond acceptors (Lipinski definition) is 3. The molecule has 0 aliphatic carbocycles. The second kappa shape index (κ2) is 6.39. The topological polar surface area (TPSA) is 84.2 Å². The number of carboxylic acids is 1. The Hall–Kier alpha value is -2.37. The zero-order chi connectivity index (χ0) is 15.4. The Morgan fingerprint density at radius 3 is 2.76 bits per heavy atom. The SMILES string of the molecule is CCCC(CC(=O)O)NC(=O)c1nn(C)c2ccccc12. The molecular weight excluding hydrogens is 270 g/mol. The molecule has 2 aromatic rings. The minimum Gasteiger partial charge on any atom is -0.481 e. The number of para-hydroxylation sites is 1. The zero-order valence-electron chi connectivity index (χ0n) is 12.2. The molecule has 6 nitrogen and oxygen atoms in total. The molecule has 112 valence electrons. The van der Waals surface area contributed by atoms with Gasteiger partial charge in [-0.05, 0) is 12.5 Å². The van der Waals surface area contributed by atoms with E-state index in [4.69, 9.17) is 5.11 Å². The number of rotatable bonds is 6. The first kappa shape index (κ1) is 15.0. The van der Waals surface area contributed by atoms with Gasteiger partial charge in [0.05, 0.1) is 11.9 Å². The van der Waals surface area contributed by atoms with Crippen LogP contribution in [-0.4, -0.2) is 32.8 Å². The van der Waals surface area contributed by atoms with Crippen LogP contribution >= 0.6 is 0 Å². The van der Waals surface area contributed by atoms with Crippen molar-refractivity contribution >= 4 is 22.8 Å². The quantitative estimate of drug-likeness (QED) is 0.851. The van der Waals surface area contributed by atoms with E-state index in [1.807, 2.05) is 31.2 Å². The van der Waals surface area contributed by atoms with E-state index < -0.39 is 5.97 Å². The maximum atomic E-state index is 12.4. The summed E-state index contributed by atoms with van der Waals surface area (Å²) in [5.74, 6) is -1.24. The van der Waals surface area contributed by atoms with Crippen molar-refractivity contribution in [3.8, 4) is 0 Å². The molecule has 1 unspecified atom stereocenters. The second-order valence-corrected chi connectivity index (χ2v) is 5.05. The lowest BCUT2D eigenvalue weighted by Gasteiger charge is -2.15. The van der Waals surface area contributed by atoms with Crippen molar-refractivity contribution in [3.05, 3.63) is 30.0 Å². The highest BCUT2D eigenvalue weighted by molar-refractivity contribution is 6.05. The predicted molar refractivity (Wildman–Crippen MR) is 79.1 cm³/mol. The van der Waals surface area contributed by atoms with Crippen LogP contribution in [-0.2, 0) is 11.8 Å². The van der Waals surface area contributed by atoms with E-state index in [0.717, 1.165) is 17.3 Å². The largest absolute Gasteiger partial charge is 0.481 e. The van der Waals surface area contributed by atoms with E-state index in [9.17, 15) is 9.59 Å². The van der Waals surface area contributed by atoms with Crippen molar-refractivity contribution in [3.63, 3.8) is 0 Å². The highest BCUT2D eigenvalue weighted by Gasteiger charge is 2.20. The van der Waals surface area contributed by atoms with Crippen LogP contribution < -0.4 is 5.32 Å². The normalized spacial score (nSPS) is 12.3. The Labute approximate surface area is 122 Å². The molecule has 0 aliphatic heterocycles. The molecule has 0 aliphatic rings. The molecule has 1 aromatic heterocycles. The van der Waals surface area contributed by atoms with Crippen molar-refractivity contribution in [2.45, 2.75) is 32.2 Å². The number of carboxylic acid groups (broad SMARTS) is 1. The van der Waals surface area contributed by atoms with Gasteiger partial charge in [-0.15, -0.1) is 0 Å². The van der Waals surface area contributed by atoms with E-state index in [2.05, 4.69) is 10.4 Å². The fraction of sp³-hybridized carbons (Fsp3) is 0.400. The van der Waals surface area contributed by atoms with Crippen molar-refractivity contribution in [2.24, 2.45) is 7.05 Å². The van der Waals surface area contributed by atoms with E-state index in [1.54, 1.807) is 11.7 Å². The van der Waals surface area contributed by atoms with E-state index in [1.165, 1.54) is 0 Å². The molecule has 0 spiro atoms. The molecule has 2 rings (SSSR count). The lowest BCUT2D eigenvalue weighted by atomic mass is 10.1. The minimum absolute atomic E-state index is 0.0790. The van der Waals surface area contributed by atoms with Crippen LogP contribution in [0.3, 0.4) is 0 Å². The van der Waals surface area contributed by atoms with Gasteiger partial charge in [-0.25, -0.2) is 0 Å². The number of aliphatic carboxylic acids is 1. The zero-order valence-corrected chi connectivity index (χ0v) is 12.2. The van der Waals surface area contributed by atoms with E-state index >= 15 is 0 Å². The van der Waals surface area contributed by atoms with Gasteiger partial charge in [-0.3, -0.25) is 14.3 Å². The summed E-state index contributed by atoms with van der Waals surface area (Å²) in [5, 5.41) is 16.7. The Bertz CT molecular complexity index is 663. The third kappa shape index (κ3) is 3.39. The summed E-state index contributed by atoms with van der Waals surface area (Å²) in [6.45, 7) is 1.96. The van der Waals surface area contributed by atoms with Crippen molar-refractivity contribution < 1.29 is 14.7 Å². The van der Waals surface area contributed by atoms with Gasteiger partial charge >= 0.3 is 5.97 Å². The van der Waals surface area contributed by atoms with Gasteiger partial charge in [-0.2, -0.15) is 5.10 Å². The van der Waals surface area contributed by atoms with Crippen LogP contribution in [0.5, 0.6) is 0 Å². The smallest absolute Gasteiger partial charge is 0.305 e. The van der Waals surface area contributed by atoms with Crippen molar-refractivity contribution in [1.29, 1.82) is 0 Å². The molecule has 0 radical (unpaired) electrons. The predicted octanol–water partition coefficient (Wildman–Crippen LogP) is 1.95. The molecule has 0 saturated carbocycles. The average molecular weight is 289 g/mol. The summed E-state index contributed by atoms with van der Waals surface area (Å²) in [5.41, 5.74) is 1.20. The molecule has 0 fully saturated rings. The highest BCUT2D eigenvalue weighted by atomic mass is 16.4. The van der Waals surface area contributed by atoms with Crippen LogP contribution in [0.15, 0.2) is 24.3 Å². The first-order valence-corrected chi connectivity index (χ1v) is 6.97. The number of hydrogen-bond donors (Lipinski definition) is 2. The third-order valence-electron chi connectivity index (χ3n) is 3.37. The van der Waals surface area contributed by atoms with Gasteiger partial charge in [0.1, 0.15) is 0 Å². The summed E-state index contributed by atoms with van der Waals surface area (Å²) in [6, 6.07) is 7.08. The number of nitrogens with one attached hydrogen (secondary N) is 1. The number of benzene rings is 1. The minimum atomic E-state index is -0.917. The molecule has 6 heteroatoms. The summed E-state index contributed by atoms with van der Waals surface area (Å²) < 4.78 is 1.65. The standard InChI is InChI=1S/C15H19N3O3/c1-3-6-10(9-13(19)20)16-15(21)14-11-7-4-5-8-12(11)18(2)17-14/h4-5,7-8,10H,3,6,9H2,1-2H3,(H,16,21)(H,19,20). The summed E-state index contributed by atoms with van der Waals surface area (Å²) >= 11 is 0. The number of amides is 1. The fourth-order valence-corrected chi connectivity index (χ4v) is 2.42. The van der Waals surface area contributed by atoms with Crippen LogP contribution in [0.1, 0.15) is 36.7 Å². The Morgan fingerprint density at radius 2 is 2.10 bits per heavy atom. The van der Waals surface area contributed by atoms with Gasteiger partial charge in [0.25, 0.3) is 5.91 Å². The Kier molecular flexibility index (Phi) is 4.57. The van der Waals surface area contributed by atoms with Gasteiger partial charge < -0.3 is 10.4 Å². The third-order valence-corrected chi connectivity index (χ3v) is 3.37. The highest BCUT2D eigenvalue weighted by Crippen LogP contribution is 2.17. The average Bonchev–Trinajstić information content (AvgIpc) is 2.76. The fourth-order valence-electron chi connectivity index (χ4n) is 2.42. The lowest BCUT2D eigenvalue weighted by Crippen LogP contribution is -2.36. The molecule has 1 aromatic carbocycles. The molecule has 1 amide bonds. The van der Waals surface area contributed by atoms with Crippen LogP contribution in [0.2, 0.25) is 0 Å².